The van der Waals surface area contributed by atoms with Crippen LogP contribution in [0.1, 0.15) is 73.6 Å². The van der Waals surface area contributed by atoms with E-state index in [2.05, 4.69) is 31.1 Å². The zero-order valence-corrected chi connectivity index (χ0v) is 22.8. The van der Waals surface area contributed by atoms with Crippen LogP contribution in [0.5, 0.6) is 0 Å². The van der Waals surface area contributed by atoms with Crippen molar-refractivity contribution in [2.75, 3.05) is 5.32 Å². The highest BCUT2D eigenvalue weighted by atomic mass is 16.2. The average molecular weight is 498 g/mol. The third-order valence-corrected chi connectivity index (χ3v) is 8.01. The van der Waals surface area contributed by atoms with E-state index in [1.807, 2.05) is 68.4 Å². The largest absolute Gasteiger partial charge is 0.324 e. The van der Waals surface area contributed by atoms with Gasteiger partial charge in [-0.25, -0.2) is 0 Å². The molecule has 194 valence electrons. The van der Waals surface area contributed by atoms with Crippen molar-refractivity contribution < 1.29 is 9.59 Å². The van der Waals surface area contributed by atoms with Gasteiger partial charge in [-0.15, -0.1) is 0 Å². The molecule has 1 N–H and O–H groups in total. The Kier molecular flexibility index (Phi) is 7.82. The molecule has 0 aliphatic heterocycles. The molecule has 1 aliphatic carbocycles. The van der Waals surface area contributed by atoms with Gasteiger partial charge in [-0.05, 0) is 79.7 Å². The van der Waals surface area contributed by atoms with E-state index in [0.717, 1.165) is 35.2 Å². The first-order valence-electron chi connectivity index (χ1n) is 13.3. The molecular weight excluding hydrogens is 458 g/mol. The van der Waals surface area contributed by atoms with Crippen molar-refractivity contribution >= 4 is 17.5 Å². The second-order valence-electron chi connectivity index (χ2n) is 11.5. The van der Waals surface area contributed by atoms with Gasteiger partial charge in [0.2, 0.25) is 5.91 Å². The highest BCUT2D eigenvalue weighted by Crippen LogP contribution is 2.45. The summed E-state index contributed by atoms with van der Waals surface area (Å²) < 4.78 is 0. The van der Waals surface area contributed by atoms with Gasteiger partial charge < -0.3 is 10.2 Å². The van der Waals surface area contributed by atoms with Crippen molar-refractivity contribution in [1.82, 2.24) is 9.88 Å². The summed E-state index contributed by atoms with van der Waals surface area (Å²) in [7, 11) is 0. The average Bonchev–Trinajstić information content (AvgIpc) is 2.89. The molecule has 5 nitrogen and oxygen atoms in total. The minimum absolute atomic E-state index is 0.113. The number of nitrogens with zero attached hydrogens (tertiary/aromatic N) is 2. The molecule has 5 heteroatoms. The molecule has 1 aliphatic rings. The maximum Gasteiger partial charge on any atom is 0.273 e. The van der Waals surface area contributed by atoms with Gasteiger partial charge in [-0.3, -0.25) is 14.6 Å². The Morgan fingerprint density at radius 1 is 0.919 bits per heavy atom. The van der Waals surface area contributed by atoms with Gasteiger partial charge in [0, 0.05) is 18.4 Å². The molecule has 1 heterocycles. The fraction of sp³-hybridized carbons (Fsp3) is 0.406. The van der Waals surface area contributed by atoms with Gasteiger partial charge in [0.05, 0.1) is 0 Å². The van der Waals surface area contributed by atoms with E-state index in [-0.39, 0.29) is 17.2 Å². The predicted molar refractivity (Wildman–Crippen MR) is 149 cm³/mol. The van der Waals surface area contributed by atoms with Crippen molar-refractivity contribution in [3.05, 3.63) is 95.3 Å². The highest BCUT2D eigenvalue weighted by Gasteiger charge is 2.50. The fourth-order valence-corrected chi connectivity index (χ4v) is 5.63. The van der Waals surface area contributed by atoms with E-state index in [1.54, 1.807) is 23.2 Å². The molecule has 37 heavy (non-hydrogen) atoms. The van der Waals surface area contributed by atoms with Crippen LogP contribution in [0.15, 0.2) is 72.9 Å². The molecule has 4 rings (SSSR count). The molecule has 0 radical (unpaired) electrons. The maximum atomic E-state index is 14.4. The van der Waals surface area contributed by atoms with Crippen LogP contribution in [0.25, 0.3) is 0 Å². The van der Waals surface area contributed by atoms with Gasteiger partial charge >= 0.3 is 0 Å². The van der Waals surface area contributed by atoms with Gasteiger partial charge in [-0.1, -0.05) is 75.4 Å². The number of pyridine rings is 1. The Hall–Kier alpha value is -3.47. The summed E-state index contributed by atoms with van der Waals surface area (Å²) in [6.07, 6.45) is 4.61. The molecule has 0 unspecified atom stereocenters. The van der Waals surface area contributed by atoms with Crippen LogP contribution in [0, 0.1) is 25.2 Å². The van der Waals surface area contributed by atoms with Crippen LogP contribution in [0.4, 0.5) is 5.69 Å². The summed E-state index contributed by atoms with van der Waals surface area (Å²) in [4.78, 5) is 34.7. The van der Waals surface area contributed by atoms with E-state index in [1.165, 1.54) is 0 Å². The Morgan fingerprint density at radius 3 is 2.11 bits per heavy atom. The second-order valence-corrected chi connectivity index (χ2v) is 11.5. The zero-order valence-electron chi connectivity index (χ0n) is 22.8. The number of carbonyl (C=O) groups is 2. The topological polar surface area (TPSA) is 62.3 Å². The first kappa shape index (κ1) is 26.6. The molecule has 0 spiro atoms. The van der Waals surface area contributed by atoms with Crippen molar-refractivity contribution in [3.63, 3.8) is 0 Å². The molecule has 2 amide bonds. The standard InChI is InChI=1S/C32H39N3O2/c1-23-12-11-13-24(2)28(23)34-30(37)32(19-17-26(18-20-32)31(3,4)5)35(22-25-14-7-6-8-15-25)29(36)27-16-9-10-21-33-27/h6-16,21,26H,17-20,22H2,1-5H3,(H,34,37). The summed E-state index contributed by atoms with van der Waals surface area (Å²) in [6, 6.07) is 21.3. The monoisotopic (exact) mass is 497 g/mol. The lowest BCUT2D eigenvalue weighted by molar-refractivity contribution is -0.130. The quantitative estimate of drug-likeness (QED) is 0.401. The molecule has 0 bridgehead atoms. The lowest BCUT2D eigenvalue weighted by Crippen LogP contribution is -2.60. The van der Waals surface area contributed by atoms with Crippen molar-refractivity contribution in [1.29, 1.82) is 0 Å². The molecule has 3 aromatic rings. The number of hydrogen-bond acceptors (Lipinski definition) is 3. The first-order valence-corrected chi connectivity index (χ1v) is 13.3. The number of rotatable bonds is 6. The minimum Gasteiger partial charge on any atom is -0.324 e. The van der Waals surface area contributed by atoms with Gasteiger partial charge in [0.25, 0.3) is 5.91 Å². The second kappa shape index (κ2) is 10.9. The normalized spacial score (nSPS) is 19.8. The van der Waals surface area contributed by atoms with Crippen LogP contribution < -0.4 is 5.32 Å². The van der Waals surface area contributed by atoms with Crippen LogP contribution >= 0.6 is 0 Å². The molecular formula is C32H39N3O2. The zero-order chi connectivity index (χ0) is 26.6. The highest BCUT2D eigenvalue weighted by molar-refractivity contribution is 6.04. The predicted octanol–water partition coefficient (Wildman–Crippen LogP) is 6.95. The van der Waals surface area contributed by atoms with Crippen molar-refractivity contribution in [2.45, 2.75) is 72.4 Å². The van der Waals surface area contributed by atoms with E-state index in [0.29, 0.717) is 31.0 Å². The maximum absolute atomic E-state index is 14.4. The van der Waals surface area contributed by atoms with E-state index in [4.69, 9.17) is 0 Å². The number of anilines is 1. The molecule has 1 aromatic heterocycles. The Labute approximate surface area is 221 Å². The number of benzene rings is 2. The fourth-order valence-electron chi connectivity index (χ4n) is 5.63. The minimum atomic E-state index is -0.985. The summed E-state index contributed by atoms with van der Waals surface area (Å²) in [5, 5.41) is 3.26. The molecule has 1 saturated carbocycles. The molecule has 1 fully saturated rings. The van der Waals surface area contributed by atoms with E-state index < -0.39 is 5.54 Å². The first-order chi connectivity index (χ1) is 17.6. The molecule has 0 atom stereocenters. The summed E-state index contributed by atoms with van der Waals surface area (Å²) in [5.74, 6) is 0.157. The Balaban J connectivity index is 1.79. The van der Waals surface area contributed by atoms with Gasteiger partial charge in [0.15, 0.2) is 0 Å². The summed E-state index contributed by atoms with van der Waals surface area (Å²) >= 11 is 0. The third kappa shape index (κ3) is 5.76. The summed E-state index contributed by atoms with van der Waals surface area (Å²) in [6.45, 7) is 11.2. The van der Waals surface area contributed by atoms with Crippen LogP contribution in [0.3, 0.4) is 0 Å². The number of carbonyl (C=O) groups excluding carboxylic acids is 2. The Bertz CT molecular complexity index is 1200. The van der Waals surface area contributed by atoms with Crippen LogP contribution in [-0.2, 0) is 11.3 Å². The van der Waals surface area contributed by atoms with Crippen molar-refractivity contribution in [3.8, 4) is 0 Å². The lowest BCUT2D eigenvalue weighted by Gasteiger charge is -2.48. The number of aryl methyl sites for hydroxylation is 2. The number of amides is 2. The summed E-state index contributed by atoms with van der Waals surface area (Å²) in [5.41, 5.74) is 3.36. The number of para-hydroxylation sites is 1. The lowest BCUT2D eigenvalue weighted by atomic mass is 9.66. The molecule has 0 saturated heterocycles. The number of nitrogens with one attached hydrogen (secondary N) is 1. The Morgan fingerprint density at radius 2 is 1.54 bits per heavy atom. The number of hydrogen-bond donors (Lipinski definition) is 1. The molecule has 2 aromatic carbocycles. The SMILES string of the molecule is Cc1cccc(C)c1NC(=O)C1(N(Cc2ccccc2)C(=O)c2ccccn2)CCC(C(C)(C)C)CC1. The third-order valence-electron chi connectivity index (χ3n) is 8.01. The van der Waals surface area contributed by atoms with Gasteiger partial charge in [-0.2, -0.15) is 0 Å². The van der Waals surface area contributed by atoms with Crippen LogP contribution in [-0.4, -0.2) is 27.2 Å². The van der Waals surface area contributed by atoms with E-state index >= 15 is 0 Å². The smallest absolute Gasteiger partial charge is 0.273 e. The number of aromatic nitrogens is 1. The van der Waals surface area contributed by atoms with E-state index in [9.17, 15) is 9.59 Å². The van der Waals surface area contributed by atoms with Gasteiger partial charge in [0.1, 0.15) is 11.2 Å². The van der Waals surface area contributed by atoms with Crippen molar-refractivity contribution in [2.24, 2.45) is 11.3 Å². The van der Waals surface area contributed by atoms with Crippen LogP contribution in [0.2, 0.25) is 0 Å².